The van der Waals surface area contributed by atoms with Gasteiger partial charge in [0.05, 0.1) is 34.9 Å². The van der Waals surface area contributed by atoms with Crippen LogP contribution in [0.2, 0.25) is 0 Å². The number of nitrogens with one attached hydrogen (secondary N) is 2. The number of hydrogen-bond acceptors (Lipinski definition) is 4. The van der Waals surface area contributed by atoms with Crippen LogP contribution in [0.25, 0.3) is 0 Å². The number of anilines is 1. The summed E-state index contributed by atoms with van der Waals surface area (Å²) < 4.78 is 85.9. The topological polar surface area (TPSA) is 104 Å². The van der Waals surface area contributed by atoms with Gasteiger partial charge in [-0.25, -0.2) is 31.1 Å². The van der Waals surface area contributed by atoms with Crippen LogP contribution in [0.3, 0.4) is 0 Å². The van der Waals surface area contributed by atoms with Crippen LogP contribution in [0.5, 0.6) is 0 Å². The molecule has 2 aliphatic rings. The molecule has 0 radical (unpaired) electrons. The van der Waals surface area contributed by atoms with Gasteiger partial charge in [0, 0.05) is 24.4 Å². The molecule has 43 heavy (non-hydrogen) atoms. The van der Waals surface area contributed by atoms with Crippen molar-refractivity contribution in [1.29, 1.82) is 0 Å². The minimum atomic E-state index is -3.11. The van der Waals surface area contributed by atoms with E-state index in [-0.39, 0.29) is 42.6 Å². The molecule has 4 rings (SSSR count). The summed E-state index contributed by atoms with van der Waals surface area (Å²) in [4.78, 5) is 39.4. The van der Waals surface area contributed by atoms with E-state index in [1.807, 2.05) is 0 Å². The van der Waals surface area contributed by atoms with Crippen LogP contribution in [-0.2, 0) is 5.54 Å². The normalized spacial score (nSPS) is 22.4. The Bertz CT molecular complexity index is 1440. The van der Waals surface area contributed by atoms with E-state index in [1.165, 1.54) is 19.1 Å². The minimum Gasteiger partial charge on any atom is -0.465 e. The van der Waals surface area contributed by atoms with Crippen molar-refractivity contribution in [2.75, 3.05) is 11.9 Å². The second kappa shape index (κ2) is 11.8. The standard InChI is InChI=1S/C29H34F6N4O4/c1-14(15-6-5-7-16(21(15)30)24(32)33)36-25(41)17-13-39(29(9-10-29)26(34)35)20(40)12-19(17)37-18-8-11-38(27(42)43)23(22(18)31)28(2,3)4/h5-7,12-14,18,22-24,26,37H,8-11H2,1-4H3,(H,36,41)(H,42,43)/t14-,18+,22-,23?/m1/s1. The van der Waals surface area contributed by atoms with E-state index in [9.17, 15) is 41.4 Å². The molecule has 1 aliphatic carbocycles. The van der Waals surface area contributed by atoms with Crippen molar-refractivity contribution < 1.29 is 41.0 Å². The number of halogens is 6. The van der Waals surface area contributed by atoms with E-state index in [0.717, 1.165) is 27.8 Å². The van der Waals surface area contributed by atoms with E-state index in [2.05, 4.69) is 10.6 Å². The lowest BCUT2D eigenvalue weighted by Gasteiger charge is -2.47. The molecule has 3 N–H and O–H groups in total. The van der Waals surface area contributed by atoms with Crippen LogP contribution < -0.4 is 16.2 Å². The van der Waals surface area contributed by atoms with Crippen LogP contribution >= 0.6 is 0 Å². The lowest BCUT2D eigenvalue weighted by molar-refractivity contribution is 0.00168. The van der Waals surface area contributed by atoms with Gasteiger partial charge >= 0.3 is 6.09 Å². The Balaban J connectivity index is 1.72. The summed E-state index contributed by atoms with van der Waals surface area (Å²) in [5.74, 6) is -2.18. The van der Waals surface area contributed by atoms with E-state index in [1.54, 1.807) is 20.8 Å². The highest BCUT2D eigenvalue weighted by atomic mass is 19.3. The van der Waals surface area contributed by atoms with E-state index < -0.39 is 77.0 Å². The third kappa shape index (κ3) is 6.19. The molecule has 236 valence electrons. The Kier molecular flexibility index (Phi) is 8.81. The highest BCUT2D eigenvalue weighted by Crippen LogP contribution is 2.48. The number of benzene rings is 1. The quantitative estimate of drug-likeness (QED) is 0.312. The first kappa shape index (κ1) is 32.2. The molecule has 14 heteroatoms. The molecule has 1 aromatic carbocycles. The van der Waals surface area contributed by atoms with Gasteiger partial charge in [0.2, 0.25) is 0 Å². The summed E-state index contributed by atoms with van der Waals surface area (Å²) in [5, 5.41) is 14.9. The maximum absolute atomic E-state index is 15.9. The molecule has 2 amide bonds. The Morgan fingerprint density at radius 2 is 1.74 bits per heavy atom. The van der Waals surface area contributed by atoms with Gasteiger partial charge in [-0.05, 0) is 31.6 Å². The molecular formula is C29H34F6N4O4. The zero-order chi connectivity index (χ0) is 32.0. The molecule has 1 aromatic heterocycles. The highest BCUT2D eigenvalue weighted by molar-refractivity contribution is 5.99. The Morgan fingerprint density at radius 1 is 1.12 bits per heavy atom. The number of alkyl halides is 5. The Hall–Kier alpha value is -3.71. The summed E-state index contributed by atoms with van der Waals surface area (Å²) in [6.45, 7) is 6.30. The van der Waals surface area contributed by atoms with Gasteiger partial charge < -0.3 is 25.2 Å². The van der Waals surface area contributed by atoms with Crippen LogP contribution in [-0.4, -0.2) is 57.8 Å². The van der Waals surface area contributed by atoms with E-state index in [0.29, 0.717) is 0 Å². The predicted octanol–water partition coefficient (Wildman–Crippen LogP) is 6.09. The second-order valence-corrected chi connectivity index (χ2v) is 12.2. The average molecular weight is 617 g/mol. The van der Waals surface area contributed by atoms with Crippen LogP contribution in [0.15, 0.2) is 35.3 Å². The van der Waals surface area contributed by atoms with Crippen LogP contribution in [0, 0.1) is 11.2 Å². The monoisotopic (exact) mass is 616 g/mol. The number of carbonyl (C=O) groups is 2. The van der Waals surface area contributed by atoms with E-state index in [4.69, 9.17) is 0 Å². The summed E-state index contributed by atoms with van der Waals surface area (Å²) in [7, 11) is 0. The molecule has 1 unspecified atom stereocenters. The summed E-state index contributed by atoms with van der Waals surface area (Å²) in [5.41, 5.74) is -5.16. The molecule has 2 aromatic rings. The fourth-order valence-corrected chi connectivity index (χ4v) is 5.78. The van der Waals surface area contributed by atoms with Gasteiger partial charge in [-0.1, -0.05) is 39.0 Å². The van der Waals surface area contributed by atoms with Gasteiger partial charge in [0.25, 0.3) is 24.3 Å². The first-order valence-electron chi connectivity index (χ1n) is 13.8. The molecule has 1 aliphatic heterocycles. The van der Waals surface area contributed by atoms with Crippen molar-refractivity contribution in [2.24, 2.45) is 5.41 Å². The number of hydrogen-bond donors (Lipinski definition) is 3. The lowest BCUT2D eigenvalue weighted by Crippen LogP contribution is -2.61. The summed E-state index contributed by atoms with van der Waals surface area (Å²) in [6.07, 6.45) is -8.25. The van der Waals surface area contributed by atoms with Gasteiger partial charge in [-0.2, -0.15) is 0 Å². The van der Waals surface area contributed by atoms with Crippen molar-refractivity contribution in [2.45, 2.75) is 89.6 Å². The minimum absolute atomic E-state index is 0.0199. The van der Waals surface area contributed by atoms with Crippen molar-refractivity contribution in [3.05, 3.63) is 63.3 Å². The van der Waals surface area contributed by atoms with Crippen molar-refractivity contribution in [3.63, 3.8) is 0 Å². The number of amides is 2. The van der Waals surface area contributed by atoms with Crippen molar-refractivity contribution in [3.8, 4) is 0 Å². The molecule has 0 bridgehead atoms. The van der Waals surface area contributed by atoms with Gasteiger partial charge in [-0.15, -0.1) is 0 Å². The number of likely N-dealkylation sites (tertiary alicyclic amines) is 1. The lowest BCUT2D eigenvalue weighted by atomic mass is 9.78. The Morgan fingerprint density at radius 3 is 2.28 bits per heavy atom. The predicted molar refractivity (Wildman–Crippen MR) is 146 cm³/mol. The summed E-state index contributed by atoms with van der Waals surface area (Å²) in [6, 6.07) is 0.898. The van der Waals surface area contributed by atoms with Crippen LogP contribution in [0.4, 0.5) is 36.8 Å². The SMILES string of the molecule is C[C@@H](NC(=O)c1cn(C2(C(F)F)CC2)c(=O)cc1N[C@H]1CCN(C(=O)O)C(C(C)(C)C)[C@@H]1F)c1cccc(C(F)F)c1F. The number of carboxylic acid groups (broad SMARTS) is 1. The number of rotatable bonds is 8. The number of carbonyl (C=O) groups excluding carboxylic acids is 1. The van der Waals surface area contributed by atoms with E-state index >= 15 is 4.39 Å². The number of aromatic nitrogens is 1. The fraction of sp³-hybridized carbons (Fsp3) is 0.552. The summed E-state index contributed by atoms with van der Waals surface area (Å²) >= 11 is 0. The van der Waals surface area contributed by atoms with Crippen molar-refractivity contribution >= 4 is 17.7 Å². The first-order valence-corrected chi connectivity index (χ1v) is 13.8. The fourth-order valence-electron chi connectivity index (χ4n) is 5.78. The molecule has 1 saturated carbocycles. The maximum atomic E-state index is 15.9. The van der Waals surface area contributed by atoms with Gasteiger partial charge in [0.15, 0.2) is 0 Å². The number of nitrogens with zero attached hydrogens (tertiary/aromatic N) is 2. The zero-order valence-electron chi connectivity index (χ0n) is 24.0. The Labute approximate surface area is 244 Å². The molecule has 0 spiro atoms. The molecule has 8 nitrogen and oxygen atoms in total. The molecule has 2 heterocycles. The molecular weight excluding hydrogens is 582 g/mol. The van der Waals surface area contributed by atoms with Crippen molar-refractivity contribution in [1.82, 2.24) is 14.8 Å². The zero-order valence-corrected chi connectivity index (χ0v) is 24.0. The highest BCUT2D eigenvalue weighted by Gasteiger charge is 2.54. The van der Waals surface area contributed by atoms with Gasteiger partial charge in [-0.3, -0.25) is 9.59 Å². The maximum Gasteiger partial charge on any atom is 0.407 e. The molecule has 1 saturated heterocycles. The number of pyridine rings is 1. The third-order valence-electron chi connectivity index (χ3n) is 8.23. The average Bonchev–Trinajstić information content (AvgIpc) is 3.71. The van der Waals surface area contributed by atoms with Gasteiger partial charge in [0.1, 0.15) is 17.5 Å². The van der Waals surface area contributed by atoms with Crippen LogP contribution in [0.1, 0.15) is 80.9 Å². The second-order valence-electron chi connectivity index (χ2n) is 12.2. The smallest absolute Gasteiger partial charge is 0.407 e. The number of piperidine rings is 1. The first-order chi connectivity index (χ1) is 20.0. The molecule has 2 fully saturated rings. The largest absolute Gasteiger partial charge is 0.465 e. The molecule has 4 atom stereocenters. The third-order valence-corrected chi connectivity index (χ3v) is 8.23.